The molecular weight excluding hydrogens is 326 g/mol. The SMILES string of the molecule is CCOc1ccc2nc(NC(=O)CN3CC(C)OC(C)C3)sc2c1. The number of anilines is 1. The van der Waals surface area contributed by atoms with Crippen LogP contribution >= 0.6 is 11.3 Å². The highest BCUT2D eigenvalue weighted by molar-refractivity contribution is 7.22. The molecule has 1 aromatic carbocycles. The third-order valence-corrected chi connectivity index (χ3v) is 4.71. The van der Waals surface area contributed by atoms with Crippen molar-refractivity contribution in [1.82, 2.24) is 9.88 Å². The molecule has 2 unspecified atom stereocenters. The van der Waals surface area contributed by atoms with Crippen molar-refractivity contribution in [2.24, 2.45) is 0 Å². The average Bonchev–Trinajstić information content (AvgIpc) is 2.87. The predicted molar refractivity (Wildman–Crippen MR) is 95.9 cm³/mol. The third-order valence-electron chi connectivity index (χ3n) is 3.78. The summed E-state index contributed by atoms with van der Waals surface area (Å²) in [7, 11) is 0. The van der Waals surface area contributed by atoms with Gasteiger partial charge in [0.1, 0.15) is 5.75 Å². The predicted octanol–water partition coefficient (Wildman–Crippen LogP) is 2.74. The van der Waals surface area contributed by atoms with Gasteiger partial charge in [0.15, 0.2) is 5.13 Å². The zero-order valence-corrected chi connectivity index (χ0v) is 15.1. The van der Waals surface area contributed by atoms with Gasteiger partial charge in [0.25, 0.3) is 0 Å². The van der Waals surface area contributed by atoms with Crippen LogP contribution in [0.5, 0.6) is 5.75 Å². The number of nitrogens with one attached hydrogen (secondary N) is 1. The zero-order valence-electron chi connectivity index (χ0n) is 14.2. The fourth-order valence-corrected chi connectivity index (χ4v) is 3.90. The van der Waals surface area contributed by atoms with Crippen LogP contribution in [0.4, 0.5) is 5.13 Å². The summed E-state index contributed by atoms with van der Waals surface area (Å²) in [6.45, 7) is 8.55. The van der Waals surface area contributed by atoms with Gasteiger partial charge in [0, 0.05) is 13.1 Å². The molecule has 1 fully saturated rings. The van der Waals surface area contributed by atoms with Crippen LogP contribution in [0.25, 0.3) is 10.2 Å². The highest BCUT2D eigenvalue weighted by Gasteiger charge is 2.24. The van der Waals surface area contributed by atoms with E-state index in [1.807, 2.05) is 39.0 Å². The van der Waals surface area contributed by atoms with Crippen molar-refractivity contribution >= 4 is 32.6 Å². The number of hydrogen-bond acceptors (Lipinski definition) is 6. The summed E-state index contributed by atoms with van der Waals surface area (Å²) >= 11 is 1.46. The summed E-state index contributed by atoms with van der Waals surface area (Å²) in [5, 5.41) is 3.53. The van der Waals surface area contributed by atoms with Crippen LogP contribution in [0.3, 0.4) is 0 Å². The summed E-state index contributed by atoms with van der Waals surface area (Å²) in [5.74, 6) is 0.781. The van der Waals surface area contributed by atoms with E-state index in [1.54, 1.807) is 0 Å². The number of carbonyl (C=O) groups is 1. The molecule has 0 bridgehead atoms. The molecule has 1 N–H and O–H groups in total. The Morgan fingerprint density at radius 1 is 1.42 bits per heavy atom. The number of thiazole rings is 1. The van der Waals surface area contributed by atoms with Crippen molar-refractivity contribution in [3.63, 3.8) is 0 Å². The molecule has 2 heterocycles. The van der Waals surface area contributed by atoms with E-state index in [9.17, 15) is 4.79 Å². The Hall–Kier alpha value is -1.70. The lowest BCUT2D eigenvalue weighted by molar-refractivity contribution is -0.121. The van der Waals surface area contributed by atoms with Gasteiger partial charge in [-0.25, -0.2) is 4.98 Å². The first kappa shape index (κ1) is 17.1. The first-order valence-electron chi connectivity index (χ1n) is 8.24. The topological polar surface area (TPSA) is 63.7 Å². The van der Waals surface area contributed by atoms with Gasteiger partial charge in [0.05, 0.1) is 35.6 Å². The molecule has 0 saturated carbocycles. The first-order chi connectivity index (χ1) is 11.5. The van der Waals surface area contributed by atoms with Crippen LogP contribution < -0.4 is 10.1 Å². The minimum atomic E-state index is -0.0413. The molecule has 1 amide bonds. The van der Waals surface area contributed by atoms with E-state index < -0.39 is 0 Å². The monoisotopic (exact) mass is 349 g/mol. The number of benzene rings is 1. The van der Waals surface area contributed by atoms with Gasteiger partial charge in [-0.3, -0.25) is 9.69 Å². The normalized spacial score (nSPS) is 21.8. The maximum absolute atomic E-state index is 12.3. The second-order valence-electron chi connectivity index (χ2n) is 6.08. The number of rotatable bonds is 5. The Morgan fingerprint density at radius 3 is 2.88 bits per heavy atom. The van der Waals surface area contributed by atoms with Crippen LogP contribution in [-0.2, 0) is 9.53 Å². The van der Waals surface area contributed by atoms with E-state index in [1.165, 1.54) is 11.3 Å². The number of ether oxygens (including phenoxy) is 2. The fourth-order valence-electron chi connectivity index (χ4n) is 2.99. The Labute approximate surface area is 145 Å². The van der Waals surface area contributed by atoms with Crippen molar-refractivity contribution in [2.45, 2.75) is 33.0 Å². The molecule has 24 heavy (non-hydrogen) atoms. The molecule has 0 radical (unpaired) electrons. The number of morpholine rings is 1. The minimum absolute atomic E-state index is 0.0413. The van der Waals surface area contributed by atoms with E-state index in [4.69, 9.17) is 9.47 Å². The molecule has 6 nitrogen and oxygen atoms in total. The molecule has 2 aromatic rings. The van der Waals surface area contributed by atoms with E-state index in [2.05, 4.69) is 15.2 Å². The third kappa shape index (κ3) is 4.23. The summed E-state index contributed by atoms with van der Waals surface area (Å²) in [6.07, 6.45) is 0.307. The Bertz CT molecular complexity index is 708. The standard InChI is InChI=1S/C17H23N3O3S/c1-4-22-13-5-6-14-15(7-13)24-17(18-14)19-16(21)10-20-8-11(2)23-12(3)9-20/h5-7,11-12H,4,8-10H2,1-3H3,(H,18,19,21). The molecule has 2 atom stereocenters. The number of fused-ring (bicyclic) bond motifs is 1. The molecule has 0 aliphatic carbocycles. The lowest BCUT2D eigenvalue weighted by Gasteiger charge is -2.34. The molecule has 0 spiro atoms. The van der Waals surface area contributed by atoms with Crippen LogP contribution in [0.2, 0.25) is 0 Å². The first-order valence-corrected chi connectivity index (χ1v) is 9.06. The Morgan fingerprint density at radius 2 is 2.17 bits per heavy atom. The summed E-state index contributed by atoms with van der Waals surface area (Å²) < 4.78 is 12.2. The summed E-state index contributed by atoms with van der Waals surface area (Å²) in [4.78, 5) is 18.9. The van der Waals surface area contributed by atoms with Gasteiger partial charge in [0.2, 0.25) is 5.91 Å². The van der Waals surface area contributed by atoms with Crippen LogP contribution in [-0.4, -0.2) is 54.2 Å². The Kier molecular flexibility index (Phi) is 5.33. The molecule has 1 aromatic heterocycles. The number of hydrogen-bond donors (Lipinski definition) is 1. The molecule has 130 valence electrons. The van der Waals surface area contributed by atoms with Crippen molar-refractivity contribution < 1.29 is 14.3 Å². The molecular formula is C17H23N3O3S. The van der Waals surface area contributed by atoms with Crippen molar-refractivity contribution in [3.05, 3.63) is 18.2 Å². The highest BCUT2D eigenvalue weighted by atomic mass is 32.1. The highest BCUT2D eigenvalue weighted by Crippen LogP contribution is 2.29. The van der Waals surface area contributed by atoms with E-state index >= 15 is 0 Å². The van der Waals surface area contributed by atoms with Gasteiger partial charge in [-0.05, 0) is 39.0 Å². The fraction of sp³-hybridized carbons (Fsp3) is 0.529. The summed E-state index contributed by atoms with van der Waals surface area (Å²) in [6, 6.07) is 5.77. The number of carbonyl (C=O) groups excluding carboxylic acids is 1. The van der Waals surface area contributed by atoms with Crippen LogP contribution in [0.15, 0.2) is 18.2 Å². The van der Waals surface area contributed by atoms with Crippen molar-refractivity contribution in [3.8, 4) is 5.75 Å². The number of aromatic nitrogens is 1. The van der Waals surface area contributed by atoms with Crippen LogP contribution in [0.1, 0.15) is 20.8 Å². The average molecular weight is 349 g/mol. The quantitative estimate of drug-likeness (QED) is 0.899. The Balaban J connectivity index is 1.62. The second kappa shape index (κ2) is 7.46. The van der Waals surface area contributed by atoms with Gasteiger partial charge < -0.3 is 14.8 Å². The molecule has 1 aliphatic heterocycles. The molecule has 1 saturated heterocycles. The molecule has 3 rings (SSSR count). The lowest BCUT2D eigenvalue weighted by Crippen LogP contribution is -2.48. The maximum atomic E-state index is 12.3. The van der Waals surface area contributed by atoms with Gasteiger partial charge in [-0.15, -0.1) is 0 Å². The van der Waals surface area contributed by atoms with Crippen molar-refractivity contribution in [1.29, 1.82) is 0 Å². The zero-order chi connectivity index (χ0) is 17.1. The van der Waals surface area contributed by atoms with E-state index in [0.29, 0.717) is 18.3 Å². The van der Waals surface area contributed by atoms with E-state index in [0.717, 1.165) is 29.1 Å². The smallest absolute Gasteiger partial charge is 0.240 e. The van der Waals surface area contributed by atoms with Gasteiger partial charge in [-0.2, -0.15) is 0 Å². The maximum Gasteiger partial charge on any atom is 0.240 e. The second-order valence-corrected chi connectivity index (χ2v) is 7.11. The van der Waals surface area contributed by atoms with Gasteiger partial charge >= 0.3 is 0 Å². The molecule has 7 heteroatoms. The van der Waals surface area contributed by atoms with Gasteiger partial charge in [-0.1, -0.05) is 11.3 Å². The molecule has 1 aliphatic rings. The summed E-state index contributed by atoms with van der Waals surface area (Å²) in [5.41, 5.74) is 0.868. The van der Waals surface area contributed by atoms with E-state index in [-0.39, 0.29) is 18.1 Å². The van der Waals surface area contributed by atoms with Crippen molar-refractivity contribution in [2.75, 3.05) is 31.6 Å². The number of nitrogens with zero attached hydrogens (tertiary/aromatic N) is 2. The largest absolute Gasteiger partial charge is 0.494 e. The van der Waals surface area contributed by atoms with Crippen LogP contribution in [0, 0.1) is 0 Å². The minimum Gasteiger partial charge on any atom is -0.494 e. The number of amides is 1. The lowest BCUT2D eigenvalue weighted by atomic mass is 10.2.